The number of rotatable bonds is 2. The molecule has 0 aliphatic rings. The number of nitrogens with two attached hydrogens (primary N) is 1. The minimum Gasteiger partial charge on any atom is -0.370 e. The molecule has 2 N–H and O–H groups in total. The van der Waals surface area contributed by atoms with E-state index in [1.165, 1.54) is 0 Å². The summed E-state index contributed by atoms with van der Waals surface area (Å²) in [5, 5.41) is 1.64. The highest BCUT2D eigenvalue weighted by atomic mass is 35.5. The summed E-state index contributed by atoms with van der Waals surface area (Å²) in [6, 6.07) is 5.69. The first kappa shape index (κ1) is 12.1. The zero-order valence-electron chi connectivity index (χ0n) is 9.64. The third kappa shape index (κ3) is 2.87. The summed E-state index contributed by atoms with van der Waals surface area (Å²) < 4.78 is 1.11. The minimum absolute atomic E-state index is 0.501. The third-order valence-electron chi connectivity index (χ3n) is 2.23. The molecular formula is C11H13ClN4S. The molecular weight excluding hydrogens is 256 g/mol. The van der Waals surface area contributed by atoms with Crippen LogP contribution in [-0.4, -0.2) is 29.9 Å². The smallest absolute Gasteiger partial charge is 0.191 e. The zero-order valence-corrected chi connectivity index (χ0v) is 11.2. The van der Waals surface area contributed by atoms with Gasteiger partial charge in [-0.1, -0.05) is 11.6 Å². The van der Waals surface area contributed by atoms with E-state index in [2.05, 4.69) is 9.98 Å². The van der Waals surface area contributed by atoms with Gasteiger partial charge in [0.15, 0.2) is 5.96 Å². The standard InChI is InChI=1S/C11H13ClN4S/c1-16(2)11(13)14-6-10-15-8-5-7(12)3-4-9(8)17-10/h3-5H,6H2,1-2H3,(H2,13,14). The lowest BCUT2D eigenvalue weighted by Gasteiger charge is -2.09. The Labute approximate surface area is 109 Å². The van der Waals surface area contributed by atoms with Crippen LogP contribution in [0.25, 0.3) is 10.2 Å². The number of aromatic nitrogens is 1. The van der Waals surface area contributed by atoms with Crippen molar-refractivity contribution in [2.75, 3.05) is 14.1 Å². The summed E-state index contributed by atoms with van der Waals surface area (Å²) in [6.45, 7) is 0.501. The minimum atomic E-state index is 0.501. The molecule has 2 aromatic rings. The predicted octanol–water partition coefficient (Wildman–Crippen LogP) is 2.33. The van der Waals surface area contributed by atoms with Gasteiger partial charge in [-0.3, -0.25) is 0 Å². The molecule has 0 bridgehead atoms. The lowest BCUT2D eigenvalue weighted by atomic mass is 10.3. The Kier molecular flexibility index (Phi) is 3.49. The van der Waals surface area contributed by atoms with E-state index in [1.54, 1.807) is 16.2 Å². The number of aliphatic imine (C=N–C) groups is 1. The van der Waals surface area contributed by atoms with Gasteiger partial charge in [0.05, 0.1) is 16.8 Å². The van der Waals surface area contributed by atoms with Crippen molar-refractivity contribution in [3.8, 4) is 0 Å². The monoisotopic (exact) mass is 268 g/mol. The second-order valence-electron chi connectivity index (χ2n) is 3.79. The Morgan fingerprint density at radius 1 is 1.53 bits per heavy atom. The summed E-state index contributed by atoms with van der Waals surface area (Å²) in [6.07, 6.45) is 0. The van der Waals surface area contributed by atoms with Crippen molar-refractivity contribution in [2.24, 2.45) is 10.7 Å². The molecule has 0 amide bonds. The molecule has 0 spiro atoms. The van der Waals surface area contributed by atoms with Crippen LogP contribution in [0.5, 0.6) is 0 Å². The summed E-state index contributed by atoms with van der Waals surface area (Å²) in [4.78, 5) is 10.5. The molecule has 1 aromatic carbocycles. The molecule has 1 heterocycles. The van der Waals surface area contributed by atoms with E-state index < -0.39 is 0 Å². The lowest BCUT2D eigenvalue weighted by Crippen LogP contribution is -2.30. The van der Waals surface area contributed by atoms with Crippen LogP contribution in [0.2, 0.25) is 5.02 Å². The average Bonchev–Trinajstić information content (AvgIpc) is 2.67. The predicted molar refractivity (Wildman–Crippen MR) is 73.6 cm³/mol. The molecule has 4 nitrogen and oxygen atoms in total. The van der Waals surface area contributed by atoms with Crippen molar-refractivity contribution in [3.63, 3.8) is 0 Å². The van der Waals surface area contributed by atoms with E-state index in [1.807, 2.05) is 32.3 Å². The van der Waals surface area contributed by atoms with Crippen LogP contribution >= 0.6 is 22.9 Å². The molecule has 0 fully saturated rings. The number of hydrogen-bond acceptors (Lipinski definition) is 3. The fraction of sp³-hybridized carbons (Fsp3) is 0.273. The number of benzene rings is 1. The van der Waals surface area contributed by atoms with Crippen LogP contribution in [0.15, 0.2) is 23.2 Å². The maximum absolute atomic E-state index is 5.91. The van der Waals surface area contributed by atoms with Gasteiger partial charge in [0.1, 0.15) is 5.01 Å². The zero-order chi connectivity index (χ0) is 12.4. The average molecular weight is 269 g/mol. The van der Waals surface area contributed by atoms with E-state index in [4.69, 9.17) is 17.3 Å². The molecule has 90 valence electrons. The number of fused-ring (bicyclic) bond motifs is 1. The molecule has 0 aliphatic heterocycles. The third-order valence-corrected chi connectivity index (χ3v) is 3.48. The molecule has 0 radical (unpaired) electrons. The van der Waals surface area contributed by atoms with Gasteiger partial charge in [0.25, 0.3) is 0 Å². The second-order valence-corrected chi connectivity index (χ2v) is 5.34. The van der Waals surface area contributed by atoms with Crippen LogP contribution in [0.1, 0.15) is 5.01 Å². The van der Waals surface area contributed by atoms with Crippen molar-refractivity contribution >= 4 is 39.1 Å². The van der Waals surface area contributed by atoms with E-state index in [-0.39, 0.29) is 0 Å². The second kappa shape index (κ2) is 4.89. The normalized spacial score (nSPS) is 12.1. The van der Waals surface area contributed by atoms with E-state index in [9.17, 15) is 0 Å². The highest BCUT2D eigenvalue weighted by Gasteiger charge is 2.04. The summed E-state index contributed by atoms with van der Waals surface area (Å²) >= 11 is 7.52. The van der Waals surface area contributed by atoms with Gasteiger partial charge in [0, 0.05) is 19.1 Å². The lowest BCUT2D eigenvalue weighted by molar-refractivity contribution is 0.609. The van der Waals surface area contributed by atoms with Gasteiger partial charge in [-0.2, -0.15) is 0 Å². The molecule has 0 atom stereocenters. The van der Waals surface area contributed by atoms with Gasteiger partial charge in [-0.05, 0) is 18.2 Å². The van der Waals surface area contributed by atoms with E-state index in [0.717, 1.165) is 15.2 Å². The van der Waals surface area contributed by atoms with Crippen molar-refractivity contribution in [3.05, 3.63) is 28.2 Å². The first-order valence-corrected chi connectivity index (χ1v) is 6.28. The maximum Gasteiger partial charge on any atom is 0.191 e. The number of nitrogens with zero attached hydrogens (tertiary/aromatic N) is 3. The number of guanidine groups is 1. The molecule has 6 heteroatoms. The van der Waals surface area contributed by atoms with Gasteiger partial charge >= 0.3 is 0 Å². The Morgan fingerprint density at radius 3 is 3.00 bits per heavy atom. The fourth-order valence-corrected chi connectivity index (χ4v) is 2.34. The van der Waals surface area contributed by atoms with E-state index in [0.29, 0.717) is 17.5 Å². The molecule has 0 saturated heterocycles. The Balaban J connectivity index is 2.23. The van der Waals surface area contributed by atoms with Crippen LogP contribution in [0, 0.1) is 0 Å². The van der Waals surface area contributed by atoms with Crippen molar-refractivity contribution in [2.45, 2.75) is 6.54 Å². The largest absolute Gasteiger partial charge is 0.370 e. The SMILES string of the molecule is CN(C)C(N)=NCc1nc2cc(Cl)ccc2s1. The van der Waals surface area contributed by atoms with Gasteiger partial charge in [-0.15, -0.1) is 11.3 Å². The fourth-order valence-electron chi connectivity index (χ4n) is 1.31. The number of hydrogen-bond donors (Lipinski definition) is 1. The Hall–Kier alpha value is -1.33. The van der Waals surface area contributed by atoms with Crippen molar-refractivity contribution < 1.29 is 0 Å². The van der Waals surface area contributed by atoms with Crippen LogP contribution in [-0.2, 0) is 6.54 Å². The summed E-state index contributed by atoms with van der Waals surface area (Å²) in [7, 11) is 3.72. The maximum atomic E-state index is 5.91. The summed E-state index contributed by atoms with van der Waals surface area (Å²) in [5.74, 6) is 0.502. The topological polar surface area (TPSA) is 54.5 Å². The van der Waals surface area contributed by atoms with Gasteiger partial charge < -0.3 is 10.6 Å². The molecule has 2 rings (SSSR count). The number of thiazole rings is 1. The molecule has 1 aromatic heterocycles. The highest BCUT2D eigenvalue weighted by Crippen LogP contribution is 2.25. The van der Waals surface area contributed by atoms with E-state index >= 15 is 0 Å². The van der Waals surface area contributed by atoms with Crippen LogP contribution < -0.4 is 5.73 Å². The first-order valence-electron chi connectivity index (χ1n) is 5.08. The number of halogens is 1. The first-order chi connectivity index (χ1) is 8.06. The van der Waals surface area contributed by atoms with Crippen molar-refractivity contribution in [1.82, 2.24) is 9.88 Å². The summed E-state index contributed by atoms with van der Waals surface area (Å²) in [5.41, 5.74) is 6.63. The Morgan fingerprint density at radius 2 is 2.29 bits per heavy atom. The molecule has 0 saturated carbocycles. The van der Waals surface area contributed by atoms with Gasteiger partial charge in [-0.25, -0.2) is 9.98 Å². The van der Waals surface area contributed by atoms with Gasteiger partial charge in [0.2, 0.25) is 0 Å². The van der Waals surface area contributed by atoms with Crippen molar-refractivity contribution in [1.29, 1.82) is 0 Å². The molecule has 17 heavy (non-hydrogen) atoms. The highest BCUT2D eigenvalue weighted by molar-refractivity contribution is 7.18. The molecule has 0 aliphatic carbocycles. The van der Waals surface area contributed by atoms with Crippen LogP contribution in [0.3, 0.4) is 0 Å². The molecule has 0 unspecified atom stereocenters. The van der Waals surface area contributed by atoms with Crippen LogP contribution in [0.4, 0.5) is 0 Å². The Bertz CT molecular complexity index is 562. The quantitative estimate of drug-likeness (QED) is 0.672.